The van der Waals surface area contributed by atoms with Crippen molar-refractivity contribution in [2.75, 3.05) is 42.5 Å². The Labute approximate surface area is 163 Å². The van der Waals surface area contributed by atoms with Crippen LogP contribution in [0.3, 0.4) is 0 Å². The minimum absolute atomic E-state index is 0.137. The van der Waals surface area contributed by atoms with Gasteiger partial charge in [0.1, 0.15) is 5.82 Å². The van der Waals surface area contributed by atoms with E-state index in [-0.39, 0.29) is 11.9 Å². The molecule has 1 aliphatic heterocycles. The summed E-state index contributed by atoms with van der Waals surface area (Å²) in [4.78, 5) is 23.8. The molecule has 5 nitrogen and oxygen atoms in total. The summed E-state index contributed by atoms with van der Waals surface area (Å²) in [7, 11) is 0. The fraction of sp³-hybridized carbons (Fsp3) is 0.400. The summed E-state index contributed by atoms with van der Waals surface area (Å²) in [5.74, 6) is 1.15. The van der Waals surface area contributed by atoms with Gasteiger partial charge in [0.25, 0.3) is 0 Å². The first kappa shape index (κ1) is 18.9. The fourth-order valence-electron chi connectivity index (χ4n) is 3.28. The summed E-state index contributed by atoms with van der Waals surface area (Å²) in [6.07, 6.45) is 1.83. The number of piperazine rings is 1. The number of halogens is 1. The van der Waals surface area contributed by atoms with E-state index >= 15 is 0 Å². The maximum atomic E-state index is 12.9. The third-order valence-corrected chi connectivity index (χ3v) is 5.06. The molecule has 138 valence electrons. The van der Waals surface area contributed by atoms with Crippen molar-refractivity contribution in [3.8, 4) is 0 Å². The lowest BCUT2D eigenvalue weighted by molar-refractivity contribution is -0.120. The minimum Gasteiger partial charge on any atom is -0.354 e. The molecule has 26 heavy (non-hydrogen) atoms. The number of hydrogen-bond acceptors (Lipinski definition) is 4. The number of hydrogen-bond donors (Lipinski definition) is 0. The number of anilines is 2. The molecule has 1 aromatic carbocycles. The third kappa shape index (κ3) is 4.62. The summed E-state index contributed by atoms with van der Waals surface area (Å²) in [5, 5.41) is 0. The molecule has 1 amide bonds. The van der Waals surface area contributed by atoms with Gasteiger partial charge in [0.05, 0.1) is 6.54 Å². The number of para-hydroxylation sites is 1. The van der Waals surface area contributed by atoms with Crippen LogP contribution >= 0.6 is 15.9 Å². The predicted octanol–water partition coefficient (Wildman–Crippen LogP) is 3.41. The molecule has 0 radical (unpaired) electrons. The van der Waals surface area contributed by atoms with Crippen molar-refractivity contribution >= 4 is 33.3 Å². The van der Waals surface area contributed by atoms with Crippen LogP contribution in [0, 0.1) is 0 Å². The molecule has 0 saturated carbocycles. The molecule has 0 spiro atoms. The lowest BCUT2D eigenvalue weighted by Crippen LogP contribution is -2.51. The van der Waals surface area contributed by atoms with Crippen molar-refractivity contribution in [1.29, 1.82) is 0 Å². The van der Waals surface area contributed by atoms with E-state index in [1.165, 1.54) is 0 Å². The molecule has 0 unspecified atom stereocenters. The Morgan fingerprint density at radius 3 is 2.38 bits per heavy atom. The molecular formula is C20H25BrN4O. The van der Waals surface area contributed by atoms with Crippen molar-refractivity contribution in [3.05, 3.63) is 53.1 Å². The van der Waals surface area contributed by atoms with E-state index in [9.17, 15) is 4.79 Å². The zero-order chi connectivity index (χ0) is 18.5. The van der Waals surface area contributed by atoms with Crippen LogP contribution in [-0.2, 0) is 4.79 Å². The summed E-state index contributed by atoms with van der Waals surface area (Å²) < 4.78 is 0.986. The second-order valence-corrected chi connectivity index (χ2v) is 7.71. The first-order valence-corrected chi connectivity index (χ1v) is 9.80. The number of nitrogens with zero attached hydrogens (tertiary/aromatic N) is 4. The van der Waals surface area contributed by atoms with Crippen LogP contribution in [-0.4, -0.2) is 54.6 Å². The van der Waals surface area contributed by atoms with Gasteiger partial charge in [-0.15, -0.1) is 0 Å². The molecule has 0 aliphatic carbocycles. The topological polar surface area (TPSA) is 39.7 Å². The van der Waals surface area contributed by atoms with E-state index in [0.717, 1.165) is 42.2 Å². The molecule has 6 heteroatoms. The van der Waals surface area contributed by atoms with Gasteiger partial charge in [-0.1, -0.05) is 18.2 Å². The van der Waals surface area contributed by atoms with E-state index in [0.29, 0.717) is 6.54 Å². The SMILES string of the molecule is CC(C)N(C(=O)CN1CCN(c2ccc(Br)cn2)CC1)c1ccccc1. The standard InChI is InChI=1S/C20H25BrN4O/c1-16(2)25(18-6-4-3-5-7-18)20(26)15-23-10-12-24(13-11-23)19-9-8-17(21)14-22-19/h3-9,14,16H,10-13,15H2,1-2H3. The van der Waals surface area contributed by atoms with Gasteiger partial charge in [0, 0.05) is 48.6 Å². The van der Waals surface area contributed by atoms with Crippen LogP contribution in [0.5, 0.6) is 0 Å². The quantitative estimate of drug-likeness (QED) is 0.748. The highest BCUT2D eigenvalue weighted by molar-refractivity contribution is 9.10. The van der Waals surface area contributed by atoms with Gasteiger partial charge in [-0.05, 0) is 54.0 Å². The van der Waals surface area contributed by atoms with E-state index in [1.807, 2.05) is 53.6 Å². The largest absolute Gasteiger partial charge is 0.354 e. The van der Waals surface area contributed by atoms with E-state index in [4.69, 9.17) is 0 Å². The maximum absolute atomic E-state index is 12.9. The monoisotopic (exact) mass is 416 g/mol. The lowest BCUT2D eigenvalue weighted by Gasteiger charge is -2.36. The molecule has 0 N–H and O–H groups in total. The van der Waals surface area contributed by atoms with Gasteiger partial charge in [-0.3, -0.25) is 9.69 Å². The Kier molecular flexibility index (Phi) is 6.27. The highest BCUT2D eigenvalue weighted by atomic mass is 79.9. The van der Waals surface area contributed by atoms with E-state index in [2.05, 4.69) is 44.6 Å². The Balaban J connectivity index is 1.58. The molecule has 2 aromatic rings. The second-order valence-electron chi connectivity index (χ2n) is 6.79. The number of pyridine rings is 1. The maximum Gasteiger partial charge on any atom is 0.241 e. The number of rotatable bonds is 5. The number of carbonyl (C=O) groups excluding carboxylic acids is 1. The average molecular weight is 417 g/mol. The summed E-state index contributed by atoms with van der Waals surface area (Å²) in [6, 6.07) is 14.1. The van der Waals surface area contributed by atoms with Gasteiger partial charge >= 0.3 is 0 Å². The van der Waals surface area contributed by atoms with Crippen molar-refractivity contribution in [1.82, 2.24) is 9.88 Å². The number of aromatic nitrogens is 1. The third-order valence-electron chi connectivity index (χ3n) is 4.59. The Morgan fingerprint density at radius 2 is 1.81 bits per heavy atom. The first-order chi connectivity index (χ1) is 12.5. The van der Waals surface area contributed by atoms with Crippen molar-refractivity contribution < 1.29 is 4.79 Å². The Bertz CT molecular complexity index is 712. The fourth-order valence-corrected chi connectivity index (χ4v) is 3.51. The van der Waals surface area contributed by atoms with Gasteiger partial charge in [0.2, 0.25) is 5.91 Å². The van der Waals surface area contributed by atoms with Gasteiger partial charge < -0.3 is 9.80 Å². The predicted molar refractivity (Wildman–Crippen MR) is 110 cm³/mol. The zero-order valence-corrected chi connectivity index (χ0v) is 16.9. The summed E-state index contributed by atoms with van der Waals surface area (Å²) >= 11 is 3.42. The Hall–Kier alpha value is -1.92. The molecule has 1 aliphatic rings. The van der Waals surface area contributed by atoms with Crippen molar-refractivity contribution in [3.63, 3.8) is 0 Å². The summed E-state index contributed by atoms with van der Waals surface area (Å²) in [5.41, 5.74) is 0.963. The molecule has 1 saturated heterocycles. The van der Waals surface area contributed by atoms with Crippen LogP contribution in [0.15, 0.2) is 53.1 Å². The number of carbonyl (C=O) groups is 1. The van der Waals surface area contributed by atoms with Gasteiger partial charge in [-0.2, -0.15) is 0 Å². The highest BCUT2D eigenvalue weighted by Gasteiger charge is 2.24. The average Bonchev–Trinajstić information content (AvgIpc) is 2.64. The normalized spacial score (nSPS) is 15.3. The van der Waals surface area contributed by atoms with Crippen molar-refractivity contribution in [2.45, 2.75) is 19.9 Å². The van der Waals surface area contributed by atoms with Crippen LogP contribution in [0.4, 0.5) is 11.5 Å². The zero-order valence-electron chi connectivity index (χ0n) is 15.3. The second kappa shape index (κ2) is 8.64. The van der Waals surface area contributed by atoms with Crippen LogP contribution in [0.2, 0.25) is 0 Å². The molecule has 1 fully saturated rings. The van der Waals surface area contributed by atoms with Crippen molar-refractivity contribution in [2.24, 2.45) is 0 Å². The van der Waals surface area contributed by atoms with Crippen LogP contribution < -0.4 is 9.80 Å². The molecule has 1 aromatic heterocycles. The number of amides is 1. The molecule has 0 bridgehead atoms. The van der Waals surface area contributed by atoms with E-state index < -0.39 is 0 Å². The van der Waals surface area contributed by atoms with Crippen LogP contribution in [0.25, 0.3) is 0 Å². The molecule has 0 atom stereocenters. The molecular weight excluding hydrogens is 392 g/mol. The first-order valence-electron chi connectivity index (χ1n) is 9.00. The van der Waals surface area contributed by atoms with Crippen LogP contribution in [0.1, 0.15) is 13.8 Å². The molecule has 2 heterocycles. The van der Waals surface area contributed by atoms with Gasteiger partial charge in [-0.25, -0.2) is 4.98 Å². The highest BCUT2D eigenvalue weighted by Crippen LogP contribution is 2.19. The number of benzene rings is 1. The van der Waals surface area contributed by atoms with E-state index in [1.54, 1.807) is 0 Å². The van der Waals surface area contributed by atoms with Gasteiger partial charge in [0.15, 0.2) is 0 Å². The Morgan fingerprint density at radius 1 is 1.12 bits per heavy atom. The lowest BCUT2D eigenvalue weighted by atomic mass is 10.2. The smallest absolute Gasteiger partial charge is 0.241 e. The summed E-state index contributed by atoms with van der Waals surface area (Å²) in [6.45, 7) is 8.07. The molecule has 3 rings (SSSR count). The minimum atomic E-state index is 0.137.